The van der Waals surface area contributed by atoms with E-state index in [-0.39, 0.29) is 23.3 Å². The molecule has 1 atom stereocenters. The predicted octanol–water partition coefficient (Wildman–Crippen LogP) is 3.25. The van der Waals surface area contributed by atoms with E-state index in [1.165, 1.54) is 11.8 Å². The Balaban J connectivity index is 2.01. The second-order valence-electron chi connectivity index (χ2n) is 7.11. The number of methoxy groups -OCH3 is 1. The molecule has 0 fully saturated rings. The van der Waals surface area contributed by atoms with Crippen molar-refractivity contribution >= 4 is 28.6 Å². The number of para-hydroxylation sites is 1. The summed E-state index contributed by atoms with van der Waals surface area (Å²) in [5.41, 5.74) is 3.34. The van der Waals surface area contributed by atoms with Crippen LogP contribution < -0.4 is 10.9 Å². The van der Waals surface area contributed by atoms with E-state index in [0.717, 1.165) is 16.8 Å². The molecule has 0 radical (unpaired) electrons. The van der Waals surface area contributed by atoms with Crippen molar-refractivity contribution in [3.63, 3.8) is 0 Å². The summed E-state index contributed by atoms with van der Waals surface area (Å²) in [7, 11) is 1.60. The third kappa shape index (κ3) is 5.05. The molecule has 0 aliphatic rings. The van der Waals surface area contributed by atoms with Gasteiger partial charge < -0.3 is 10.1 Å². The van der Waals surface area contributed by atoms with Crippen molar-refractivity contribution in [2.75, 3.05) is 19.5 Å². The van der Waals surface area contributed by atoms with Crippen LogP contribution in [0.1, 0.15) is 18.1 Å². The fourth-order valence-corrected chi connectivity index (χ4v) is 4.08. The molecule has 0 spiro atoms. The number of aryl methyl sites for hydroxylation is 2. The Labute approximate surface area is 174 Å². The number of aromatic nitrogens is 2. The molecule has 1 amide bonds. The number of ether oxygens (including phenoxy) is 1. The molecule has 2 aromatic carbocycles. The van der Waals surface area contributed by atoms with Gasteiger partial charge in [0, 0.05) is 13.2 Å². The lowest BCUT2D eigenvalue weighted by atomic mass is 10.1. The van der Waals surface area contributed by atoms with Crippen molar-refractivity contribution in [3.8, 4) is 5.69 Å². The molecule has 1 aromatic heterocycles. The van der Waals surface area contributed by atoms with Crippen molar-refractivity contribution in [3.05, 3.63) is 63.9 Å². The molecule has 6 nitrogen and oxygen atoms in total. The van der Waals surface area contributed by atoms with Crippen LogP contribution in [0.2, 0.25) is 0 Å². The Kier molecular flexibility index (Phi) is 6.71. The number of carbonyl (C=O) groups excluding carboxylic acids is 1. The monoisotopic (exact) mass is 411 g/mol. The Hall–Kier alpha value is -2.64. The van der Waals surface area contributed by atoms with Crippen LogP contribution in [0, 0.1) is 13.8 Å². The molecule has 0 saturated carbocycles. The van der Waals surface area contributed by atoms with E-state index in [1.807, 2.05) is 51.1 Å². The summed E-state index contributed by atoms with van der Waals surface area (Å²) in [6.07, 6.45) is 0. The van der Waals surface area contributed by atoms with Crippen molar-refractivity contribution in [1.29, 1.82) is 0 Å². The minimum atomic E-state index is -0.142. The van der Waals surface area contributed by atoms with Crippen LogP contribution in [0.15, 0.2) is 52.4 Å². The SMILES string of the molecule is COCC(C)NC(=O)CSc1nc2ccccc2c(=O)n1-c1cc(C)cc(C)c1. The van der Waals surface area contributed by atoms with Crippen LogP contribution in [-0.4, -0.2) is 41.0 Å². The quantitative estimate of drug-likeness (QED) is 0.477. The van der Waals surface area contributed by atoms with Gasteiger partial charge in [-0.2, -0.15) is 0 Å². The van der Waals surface area contributed by atoms with Crippen LogP contribution in [0.5, 0.6) is 0 Å². The van der Waals surface area contributed by atoms with Gasteiger partial charge in [-0.1, -0.05) is 30.0 Å². The van der Waals surface area contributed by atoms with Crippen LogP contribution in [0.3, 0.4) is 0 Å². The number of thioether (sulfide) groups is 1. The van der Waals surface area contributed by atoms with E-state index < -0.39 is 0 Å². The summed E-state index contributed by atoms with van der Waals surface area (Å²) in [6.45, 7) is 6.31. The number of nitrogens with one attached hydrogen (secondary N) is 1. The summed E-state index contributed by atoms with van der Waals surface area (Å²) < 4.78 is 6.65. The summed E-state index contributed by atoms with van der Waals surface area (Å²) in [5, 5.41) is 3.92. The largest absolute Gasteiger partial charge is 0.383 e. The summed E-state index contributed by atoms with van der Waals surface area (Å²) in [6, 6.07) is 13.1. The highest BCUT2D eigenvalue weighted by Crippen LogP contribution is 2.22. The molecular weight excluding hydrogens is 386 g/mol. The van der Waals surface area contributed by atoms with Crippen LogP contribution >= 0.6 is 11.8 Å². The maximum atomic E-state index is 13.3. The first-order valence-corrected chi connectivity index (χ1v) is 10.4. The number of nitrogens with zero attached hydrogens (tertiary/aromatic N) is 2. The molecule has 1 N–H and O–H groups in total. The van der Waals surface area contributed by atoms with Crippen LogP contribution in [0.4, 0.5) is 0 Å². The second kappa shape index (κ2) is 9.24. The van der Waals surface area contributed by atoms with E-state index >= 15 is 0 Å². The van der Waals surface area contributed by atoms with Crippen molar-refractivity contribution < 1.29 is 9.53 Å². The zero-order chi connectivity index (χ0) is 21.0. The lowest BCUT2D eigenvalue weighted by Gasteiger charge is -2.15. The normalized spacial score (nSPS) is 12.1. The molecule has 29 heavy (non-hydrogen) atoms. The highest BCUT2D eigenvalue weighted by molar-refractivity contribution is 7.99. The molecule has 7 heteroatoms. The van der Waals surface area contributed by atoms with Gasteiger partial charge in [-0.15, -0.1) is 0 Å². The molecule has 0 bridgehead atoms. The number of rotatable bonds is 7. The average Bonchev–Trinajstić information content (AvgIpc) is 2.66. The highest BCUT2D eigenvalue weighted by atomic mass is 32.2. The van der Waals surface area contributed by atoms with E-state index in [1.54, 1.807) is 17.7 Å². The van der Waals surface area contributed by atoms with Gasteiger partial charge in [-0.3, -0.25) is 14.2 Å². The highest BCUT2D eigenvalue weighted by Gasteiger charge is 2.16. The molecule has 3 rings (SSSR count). The Morgan fingerprint density at radius 2 is 1.90 bits per heavy atom. The maximum absolute atomic E-state index is 13.3. The molecule has 1 unspecified atom stereocenters. The zero-order valence-electron chi connectivity index (χ0n) is 17.1. The average molecular weight is 412 g/mol. The van der Waals surface area contributed by atoms with E-state index in [9.17, 15) is 9.59 Å². The minimum absolute atomic E-state index is 0.0840. The van der Waals surface area contributed by atoms with Crippen LogP contribution in [-0.2, 0) is 9.53 Å². The van der Waals surface area contributed by atoms with E-state index in [2.05, 4.69) is 16.4 Å². The lowest BCUT2D eigenvalue weighted by molar-refractivity contribution is -0.119. The van der Waals surface area contributed by atoms with Crippen molar-refractivity contribution in [2.24, 2.45) is 0 Å². The number of amides is 1. The van der Waals surface area contributed by atoms with Gasteiger partial charge in [0.2, 0.25) is 5.91 Å². The predicted molar refractivity (Wildman–Crippen MR) is 117 cm³/mol. The van der Waals surface area contributed by atoms with Gasteiger partial charge in [-0.25, -0.2) is 4.98 Å². The number of hydrogen-bond acceptors (Lipinski definition) is 5. The molecular formula is C22H25N3O3S. The summed E-state index contributed by atoms with van der Waals surface area (Å²) in [5.74, 6) is 0.0258. The second-order valence-corrected chi connectivity index (χ2v) is 8.05. The minimum Gasteiger partial charge on any atom is -0.383 e. The molecule has 0 aliphatic carbocycles. The summed E-state index contributed by atoms with van der Waals surface area (Å²) >= 11 is 1.25. The first kappa shape index (κ1) is 21.1. The Morgan fingerprint density at radius 1 is 1.21 bits per heavy atom. The van der Waals surface area contributed by atoms with Crippen molar-refractivity contribution in [2.45, 2.75) is 32.0 Å². The number of benzene rings is 2. The molecule has 0 aliphatic heterocycles. The fraction of sp³-hybridized carbons (Fsp3) is 0.318. The molecule has 1 heterocycles. The number of carbonyl (C=O) groups is 1. The van der Waals surface area contributed by atoms with Crippen molar-refractivity contribution in [1.82, 2.24) is 14.9 Å². The topological polar surface area (TPSA) is 73.2 Å². The molecule has 3 aromatic rings. The van der Waals surface area contributed by atoms with Gasteiger partial charge >= 0.3 is 0 Å². The summed E-state index contributed by atoms with van der Waals surface area (Å²) in [4.78, 5) is 30.3. The fourth-order valence-electron chi connectivity index (χ4n) is 3.25. The van der Waals surface area contributed by atoms with Gasteiger partial charge in [0.1, 0.15) is 0 Å². The standard InChI is InChI=1S/C22H25N3O3S/c1-14-9-15(2)11-17(10-14)25-21(27)18-7-5-6-8-19(18)24-22(25)29-13-20(26)23-16(3)12-28-4/h5-11,16H,12-13H2,1-4H3,(H,23,26). The third-order valence-corrected chi connectivity index (χ3v) is 5.30. The maximum Gasteiger partial charge on any atom is 0.266 e. The number of hydrogen-bond donors (Lipinski definition) is 1. The lowest BCUT2D eigenvalue weighted by Crippen LogP contribution is -2.36. The van der Waals surface area contributed by atoms with Gasteiger partial charge in [0.15, 0.2) is 5.16 Å². The first-order valence-electron chi connectivity index (χ1n) is 9.40. The van der Waals surface area contributed by atoms with E-state index in [0.29, 0.717) is 22.7 Å². The van der Waals surface area contributed by atoms with Gasteiger partial charge in [0.25, 0.3) is 5.56 Å². The Morgan fingerprint density at radius 3 is 2.59 bits per heavy atom. The van der Waals surface area contributed by atoms with Crippen LogP contribution in [0.25, 0.3) is 16.6 Å². The van der Waals surface area contributed by atoms with E-state index in [4.69, 9.17) is 4.74 Å². The van der Waals surface area contributed by atoms with Gasteiger partial charge in [-0.05, 0) is 56.2 Å². The smallest absolute Gasteiger partial charge is 0.266 e. The first-order chi connectivity index (χ1) is 13.9. The third-order valence-electron chi connectivity index (χ3n) is 4.37. The zero-order valence-corrected chi connectivity index (χ0v) is 17.9. The molecule has 0 saturated heterocycles. The van der Waals surface area contributed by atoms with Gasteiger partial charge in [0.05, 0.1) is 29.0 Å². The number of fused-ring (bicyclic) bond motifs is 1. The Bertz CT molecular complexity index is 1070. The molecule has 152 valence electrons.